The molecular formula is C21H17N7O. The van der Waals surface area contributed by atoms with E-state index in [1.54, 1.807) is 4.52 Å². The van der Waals surface area contributed by atoms with Crippen molar-refractivity contribution in [2.45, 2.75) is 19.9 Å². The van der Waals surface area contributed by atoms with Gasteiger partial charge in [0.2, 0.25) is 0 Å². The first-order valence-corrected chi connectivity index (χ1v) is 9.52. The Morgan fingerprint density at radius 3 is 2.93 bits per heavy atom. The molecule has 0 N–H and O–H groups in total. The Hall–Kier alpha value is -3.81. The summed E-state index contributed by atoms with van der Waals surface area (Å²) >= 11 is 0. The Kier molecular flexibility index (Phi) is 3.40. The predicted octanol–water partition coefficient (Wildman–Crippen LogP) is 3.20. The molecule has 0 spiro atoms. The molecule has 6 rings (SSSR count). The summed E-state index contributed by atoms with van der Waals surface area (Å²) < 4.78 is 7.02. The number of aryl methyl sites for hydroxylation is 1. The molecule has 0 saturated heterocycles. The maximum absolute atomic E-state index is 5.24. The van der Waals surface area contributed by atoms with E-state index in [0.29, 0.717) is 17.0 Å². The number of hydrogen-bond donors (Lipinski definition) is 0. The van der Waals surface area contributed by atoms with Gasteiger partial charge in [0.05, 0.1) is 5.52 Å². The molecule has 0 aliphatic carbocycles. The maximum Gasteiger partial charge on any atom is 0.188 e. The lowest BCUT2D eigenvalue weighted by atomic mass is 10.0. The number of hydrogen-bond acceptors (Lipinski definition) is 7. The van der Waals surface area contributed by atoms with Crippen molar-refractivity contribution < 1.29 is 4.52 Å². The Labute approximate surface area is 165 Å². The molecular weight excluding hydrogens is 366 g/mol. The van der Waals surface area contributed by atoms with E-state index in [1.807, 2.05) is 43.6 Å². The molecule has 8 heteroatoms. The fraction of sp³-hybridized carbons (Fsp3) is 0.190. The standard InChI is InChI=1S/C21H17N7O/c1-13-10-17(25-29-13)19-21-23-20(16-4-2-3-5-18(16)28(21)26-24-19)27-9-7-14-11-22-8-6-15(14)12-27/h2-6,8,10-11H,7,9,12H2,1H3. The molecule has 0 saturated carbocycles. The minimum absolute atomic E-state index is 0.621. The third-order valence-electron chi connectivity index (χ3n) is 5.42. The van der Waals surface area contributed by atoms with Crippen molar-refractivity contribution in [1.29, 1.82) is 0 Å². The molecule has 1 aliphatic rings. The summed E-state index contributed by atoms with van der Waals surface area (Å²) in [6.07, 6.45) is 4.76. The quantitative estimate of drug-likeness (QED) is 0.463. The lowest BCUT2D eigenvalue weighted by molar-refractivity contribution is 0.399. The van der Waals surface area contributed by atoms with Gasteiger partial charge in [0, 0.05) is 36.9 Å². The average molecular weight is 383 g/mol. The third-order valence-corrected chi connectivity index (χ3v) is 5.42. The van der Waals surface area contributed by atoms with Crippen LogP contribution in [0.1, 0.15) is 16.9 Å². The largest absolute Gasteiger partial charge is 0.361 e. The van der Waals surface area contributed by atoms with Crippen molar-refractivity contribution in [2.24, 2.45) is 0 Å². The van der Waals surface area contributed by atoms with Crippen molar-refractivity contribution >= 4 is 22.4 Å². The van der Waals surface area contributed by atoms with Crippen LogP contribution in [0.15, 0.2) is 53.3 Å². The number of aromatic nitrogens is 6. The molecule has 29 heavy (non-hydrogen) atoms. The molecule has 5 aromatic rings. The van der Waals surface area contributed by atoms with Gasteiger partial charge >= 0.3 is 0 Å². The summed E-state index contributed by atoms with van der Waals surface area (Å²) in [5.74, 6) is 1.66. The number of benzene rings is 1. The van der Waals surface area contributed by atoms with Crippen LogP contribution in [0.2, 0.25) is 0 Å². The van der Waals surface area contributed by atoms with E-state index < -0.39 is 0 Å². The average Bonchev–Trinajstić information content (AvgIpc) is 3.39. The van der Waals surface area contributed by atoms with Gasteiger partial charge in [-0.1, -0.05) is 22.5 Å². The van der Waals surface area contributed by atoms with Gasteiger partial charge in [-0.15, -0.1) is 5.10 Å². The van der Waals surface area contributed by atoms with E-state index in [4.69, 9.17) is 9.51 Å². The molecule has 5 heterocycles. The van der Waals surface area contributed by atoms with Crippen molar-refractivity contribution in [3.8, 4) is 11.4 Å². The van der Waals surface area contributed by atoms with E-state index in [2.05, 4.69) is 37.5 Å². The van der Waals surface area contributed by atoms with E-state index in [-0.39, 0.29) is 0 Å². The maximum atomic E-state index is 5.24. The number of para-hydroxylation sites is 1. The van der Waals surface area contributed by atoms with Gasteiger partial charge in [-0.3, -0.25) is 4.98 Å². The van der Waals surface area contributed by atoms with Gasteiger partial charge < -0.3 is 9.42 Å². The van der Waals surface area contributed by atoms with E-state index >= 15 is 0 Å². The summed E-state index contributed by atoms with van der Waals surface area (Å²) in [5.41, 5.74) is 5.49. The molecule has 4 aromatic heterocycles. The Bertz CT molecular complexity index is 1370. The van der Waals surface area contributed by atoms with Gasteiger partial charge in [-0.05, 0) is 42.7 Å². The van der Waals surface area contributed by atoms with Crippen LogP contribution in [0.4, 0.5) is 5.82 Å². The third kappa shape index (κ3) is 2.49. The highest BCUT2D eigenvalue weighted by molar-refractivity contribution is 5.93. The molecule has 0 atom stereocenters. The number of fused-ring (bicyclic) bond motifs is 4. The highest BCUT2D eigenvalue weighted by Crippen LogP contribution is 2.32. The summed E-state index contributed by atoms with van der Waals surface area (Å²) in [6, 6.07) is 12.1. The van der Waals surface area contributed by atoms with E-state index in [0.717, 1.165) is 42.0 Å². The zero-order valence-electron chi connectivity index (χ0n) is 15.8. The molecule has 0 radical (unpaired) electrons. The fourth-order valence-electron chi connectivity index (χ4n) is 3.99. The summed E-state index contributed by atoms with van der Waals surface area (Å²) in [7, 11) is 0. The zero-order chi connectivity index (χ0) is 19.4. The van der Waals surface area contributed by atoms with Crippen LogP contribution in [-0.2, 0) is 13.0 Å². The molecule has 0 fully saturated rings. The van der Waals surface area contributed by atoms with Gasteiger partial charge in [-0.25, -0.2) is 4.98 Å². The van der Waals surface area contributed by atoms with Gasteiger partial charge in [-0.2, -0.15) is 4.52 Å². The summed E-state index contributed by atoms with van der Waals surface area (Å²) in [5, 5.41) is 13.9. The van der Waals surface area contributed by atoms with Gasteiger partial charge in [0.25, 0.3) is 0 Å². The summed E-state index contributed by atoms with van der Waals surface area (Å²) in [6.45, 7) is 3.54. The molecule has 1 aliphatic heterocycles. The van der Waals surface area contributed by atoms with Crippen molar-refractivity contribution in [3.63, 3.8) is 0 Å². The number of anilines is 1. The van der Waals surface area contributed by atoms with Crippen LogP contribution in [-0.4, -0.2) is 36.5 Å². The Balaban J connectivity index is 1.57. The van der Waals surface area contributed by atoms with Gasteiger partial charge in [0.1, 0.15) is 17.3 Å². The number of pyridine rings is 1. The fourth-order valence-corrected chi connectivity index (χ4v) is 3.99. The van der Waals surface area contributed by atoms with E-state index in [9.17, 15) is 0 Å². The predicted molar refractivity (Wildman–Crippen MR) is 108 cm³/mol. The second kappa shape index (κ2) is 6.10. The normalized spacial score (nSPS) is 13.9. The monoisotopic (exact) mass is 383 g/mol. The van der Waals surface area contributed by atoms with Crippen molar-refractivity contribution in [2.75, 3.05) is 11.4 Å². The molecule has 1 aromatic carbocycles. The molecule has 0 amide bonds. The molecule has 0 bridgehead atoms. The van der Waals surface area contributed by atoms with E-state index in [1.165, 1.54) is 11.1 Å². The molecule has 142 valence electrons. The Morgan fingerprint density at radius 1 is 1.10 bits per heavy atom. The summed E-state index contributed by atoms with van der Waals surface area (Å²) in [4.78, 5) is 11.6. The Morgan fingerprint density at radius 2 is 2.03 bits per heavy atom. The van der Waals surface area contributed by atoms with Gasteiger partial charge in [0.15, 0.2) is 11.3 Å². The first-order valence-electron chi connectivity index (χ1n) is 9.52. The molecule has 0 unspecified atom stereocenters. The minimum atomic E-state index is 0.621. The van der Waals surface area contributed by atoms with Crippen LogP contribution in [0, 0.1) is 6.92 Å². The van der Waals surface area contributed by atoms with Crippen LogP contribution in [0.3, 0.4) is 0 Å². The zero-order valence-corrected chi connectivity index (χ0v) is 15.8. The lowest BCUT2D eigenvalue weighted by Gasteiger charge is -2.30. The van der Waals surface area contributed by atoms with Crippen molar-refractivity contribution in [1.82, 2.24) is 30.0 Å². The van der Waals surface area contributed by atoms with Crippen LogP contribution in [0.25, 0.3) is 27.9 Å². The van der Waals surface area contributed by atoms with Crippen LogP contribution in [0.5, 0.6) is 0 Å². The topological polar surface area (TPSA) is 85.2 Å². The highest BCUT2D eigenvalue weighted by atomic mass is 16.5. The van der Waals surface area contributed by atoms with Crippen molar-refractivity contribution in [3.05, 3.63) is 65.7 Å². The van der Waals surface area contributed by atoms with Crippen LogP contribution >= 0.6 is 0 Å². The van der Waals surface area contributed by atoms with Crippen LogP contribution < -0.4 is 4.90 Å². The molecule has 8 nitrogen and oxygen atoms in total. The number of nitrogens with zero attached hydrogens (tertiary/aromatic N) is 7. The lowest BCUT2D eigenvalue weighted by Crippen LogP contribution is -2.31. The second-order valence-corrected chi connectivity index (χ2v) is 7.26. The smallest absolute Gasteiger partial charge is 0.188 e. The second-order valence-electron chi connectivity index (χ2n) is 7.26. The highest BCUT2D eigenvalue weighted by Gasteiger charge is 2.23. The first kappa shape index (κ1) is 16.2. The first-order chi connectivity index (χ1) is 14.3. The minimum Gasteiger partial charge on any atom is -0.361 e. The SMILES string of the molecule is Cc1cc(-c2nnn3c2nc(N2CCc4cnccc4C2)c2ccccc23)no1. The number of rotatable bonds is 2.